The van der Waals surface area contributed by atoms with Crippen LogP contribution in [0.25, 0.3) is 0 Å². The maximum absolute atomic E-state index is 5.92. The second-order valence-corrected chi connectivity index (χ2v) is 4.61. The molecule has 0 atom stereocenters. The molecule has 0 spiro atoms. The first-order chi connectivity index (χ1) is 7.17. The molecule has 5 heteroatoms. The third kappa shape index (κ3) is 3.87. The molecule has 1 aromatic heterocycles. The van der Waals surface area contributed by atoms with E-state index in [0.717, 1.165) is 30.4 Å². The summed E-state index contributed by atoms with van der Waals surface area (Å²) >= 11 is 7.74. The van der Waals surface area contributed by atoms with E-state index >= 15 is 0 Å². The molecule has 0 amide bonds. The number of anilines is 1. The van der Waals surface area contributed by atoms with Gasteiger partial charge in [0, 0.05) is 31.8 Å². The Kier molecular flexibility index (Phi) is 5.19. The zero-order valence-electron chi connectivity index (χ0n) is 9.33. The lowest BCUT2D eigenvalue weighted by Crippen LogP contribution is -2.22. The lowest BCUT2D eigenvalue weighted by molar-refractivity contribution is 0.884. The molecule has 0 aromatic carbocycles. The first kappa shape index (κ1) is 12.6. The van der Waals surface area contributed by atoms with E-state index in [1.165, 1.54) is 0 Å². The van der Waals surface area contributed by atoms with Crippen LogP contribution in [0, 0.1) is 0 Å². The van der Waals surface area contributed by atoms with Gasteiger partial charge in [-0.1, -0.05) is 18.5 Å². The summed E-state index contributed by atoms with van der Waals surface area (Å²) in [6.07, 6.45) is 2.90. The summed E-state index contributed by atoms with van der Waals surface area (Å²) in [5.41, 5.74) is 0. The molecule has 84 valence electrons. The maximum atomic E-state index is 5.92. The van der Waals surface area contributed by atoms with Gasteiger partial charge < -0.3 is 4.90 Å². The van der Waals surface area contributed by atoms with E-state index < -0.39 is 0 Å². The van der Waals surface area contributed by atoms with E-state index in [2.05, 4.69) is 21.1 Å². The summed E-state index contributed by atoms with van der Waals surface area (Å²) in [7, 11) is 2.02. The molecule has 0 aliphatic heterocycles. The minimum absolute atomic E-state index is 0.521. The Morgan fingerprint density at radius 1 is 1.47 bits per heavy atom. The van der Waals surface area contributed by atoms with Gasteiger partial charge in [-0.15, -0.1) is 0 Å². The average Bonchev–Trinajstić information content (AvgIpc) is 2.24. The van der Waals surface area contributed by atoms with Gasteiger partial charge in [-0.25, -0.2) is 9.97 Å². The third-order valence-electron chi connectivity index (χ3n) is 2.07. The van der Waals surface area contributed by atoms with Gasteiger partial charge in [0.05, 0.1) is 0 Å². The van der Waals surface area contributed by atoms with Crippen molar-refractivity contribution in [3.63, 3.8) is 0 Å². The Morgan fingerprint density at radius 3 is 2.80 bits per heavy atom. The fraction of sp³-hybridized carbons (Fsp3) is 0.600. The summed E-state index contributed by atoms with van der Waals surface area (Å²) in [4.78, 5) is 10.7. The molecule has 0 fully saturated rings. The Labute approximate surface area is 100 Å². The SMILES string of the molecule is CCc1nc(Cl)cc(N(C)CCSC)n1. The Morgan fingerprint density at radius 2 is 2.20 bits per heavy atom. The highest BCUT2D eigenvalue weighted by Crippen LogP contribution is 2.15. The summed E-state index contributed by atoms with van der Waals surface area (Å²) in [6.45, 7) is 3.00. The normalized spacial score (nSPS) is 10.4. The van der Waals surface area contributed by atoms with Crippen LogP contribution in [0.4, 0.5) is 5.82 Å². The smallest absolute Gasteiger partial charge is 0.134 e. The molecule has 0 saturated heterocycles. The van der Waals surface area contributed by atoms with Crippen molar-refractivity contribution in [2.45, 2.75) is 13.3 Å². The average molecular weight is 246 g/mol. The van der Waals surface area contributed by atoms with Gasteiger partial charge in [-0.2, -0.15) is 11.8 Å². The molecular weight excluding hydrogens is 230 g/mol. The third-order valence-corrected chi connectivity index (χ3v) is 2.85. The number of hydrogen-bond acceptors (Lipinski definition) is 4. The lowest BCUT2D eigenvalue weighted by atomic mass is 10.4. The molecular formula is C10H16ClN3S. The van der Waals surface area contributed by atoms with Gasteiger partial charge in [0.25, 0.3) is 0 Å². The monoisotopic (exact) mass is 245 g/mol. The molecule has 3 nitrogen and oxygen atoms in total. The van der Waals surface area contributed by atoms with Gasteiger partial charge in [-0.3, -0.25) is 0 Å². The number of aryl methyl sites for hydroxylation is 1. The fourth-order valence-electron chi connectivity index (χ4n) is 1.15. The van der Waals surface area contributed by atoms with Gasteiger partial charge in [0.2, 0.25) is 0 Å². The zero-order chi connectivity index (χ0) is 11.3. The molecule has 15 heavy (non-hydrogen) atoms. The van der Waals surface area contributed by atoms with E-state index in [1.807, 2.05) is 25.7 Å². The van der Waals surface area contributed by atoms with Crippen LogP contribution in [0.5, 0.6) is 0 Å². The quantitative estimate of drug-likeness (QED) is 0.746. The second kappa shape index (κ2) is 6.18. The molecule has 1 aromatic rings. The molecule has 0 aliphatic carbocycles. The minimum atomic E-state index is 0.521. The molecule has 1 rings (SSSR count). The van der Waals surface area contributed by atoms with Crippen molar-refractivity contribution >= 4 is 29.2 Å². The van der Waals surface area contributed by atoms with E-state index in [0.29, 0.717) is 5.15 Å². The predicted molar refractivity (Wildman–Crippen MR) is 68.1 cm³/mol. The Bertz CT molecular complexity index is 320. The van der Waals surface area contributed by atoms with E-state index in [9.17, 15) is 0 Å². The van der Waals surface area contributed by atoms with Crippen LogP contribution in [-0.2, 0) is 6.42 Å². The second-order valence-electron chi connectivity index (χ2n) is 3.23. The summed E-state index contributed by atoms with van der Waals surface area (Å²) in [6, 6.07) is 1.81. The number of halogens is 1. The Hall–Kier alpha value is -0.480. The maximum Gasteiger partial charge on any atom is 0.134 e. The van der Waals surface area contributed by atoms with E-state index in [-0.39, 0.29) is 0 Å². The lowest BCUT2D eigenvalue weighted by Gasteiger charge is -2.18. The van der Waals surface area contributed by atoms with Crippen LogP contribution >= 0.6 is 23.4 Å². The van der Waals surface area contributed by atoms with Gasteiger partial charge in [0.1, 0.15) is 16.8 Å². The first-order valence-electron chi connectivity index (χ1n) is 4.91. The number of thioether (sulfide) groups is 1. The van der Waals surface area contributed by atoms with Crippen LogP contribution in [-0.4, -0.2) is 35.6 Å². The van der Waals surface area contributed by atoms with Gasteiger partial charge in [0.15, 0.2) is 0 Å². The number of nitrogens with zero attached hydrogens (tertiary/aromatic N) is 3. The number of hydrogen-bond donors (Lipinski definition) is 0. The van der Waals surface area contributed by atoms with Crippen LogP contribution < -0.4 is 4.90 Å². The summed E-state index contributed by atoms with van der Waals surface area (Å²) < 4.78 is 0. The van der Waals surface area contributed by atoms with Crippen molar-refractivity contribution in [2.75, 3.05) is 30.5 Å². The topological polar surface area (TPSA) is 29.0 Å². The predicted octanol–water partition coefficient (Wildman–Crippen LogP) is 2.49. The highest BCUT2D eigenvalue weighted by molar-refractivity contribution is 7.98. The van der Waals surface area contributed by atoms with E-state index in [4.69, 9.17) is 11.6 Å². The molecule has 0 saturated carbocycles. The van der Waals surface area contributed by atoms with Crippen LogP contribution in [0.15, 0.2) is 6.07 Å². The molecule has 1 heterocycles. The van der Waals surface area contributed by atoms with Crippen LogP contribution in [0.2, 0.25) is 5.15 Å². The zero-order valence-corrected chi connectivity index (χ0v) is 10.9. The molecule has 0 bridgehead atoms. The standard InChI is InChI=1S/C10H16ClN3S/c1-4-9-12-8(11)7-10(13-9)14(2)5-6-15-3/h7H,4-6H2,1-3H3. The van der Waals surface area contributed by atoms with E-state index in [1.54, 1.807) is 6.07 Å². The van der Waals surface area contributed by atoms with Crippen molar-refractivity contribution in [3.8, 4) is 0 Å². The molecule has 0 N–H and O–H groups in total. The summed E-state index contributed by atoms with van der Waals surface area (Å²) in [5, 5.41) is 0.521. The minimum Gasteiger partial charge on any atom is -0.359 e. The number of aromatic nitrogens is 2. The van der Waals surface area contributed by atoms with Crippen molar-refractivity contribution in [1.29, 1.82) is 0 Å². The van der Waals surface area contributed by atoms with Crippen LogP contribution in [0.1, 0.15) is 12.7 Å². The molecule has 0 aliphatic rings. The van der Waals surface area contributed by atoms with Crippen molar-refractivity contribution < 1.29 is 0 Å². The highest BCUT2D eigenvalue weighted by atomic mass is 35.5. The largest absolute Gasteiger partial charge is 0.359 e. The highest BCUT2D eigenvalue weighted by Gasteiger charge is 2.05. The fourth-order valence-corrected chi connectivity index (χ4v) is 1.80. The molecule has 0 unspecified atom stereocenters. The molecule has 0 radical (unpaired) electrons. The first-order valence-corrected chi connectivity index (χ1v) is 6.68. The number of rotatable bonds is 5. The van der Waals surface area contributed by atoms with Crippen molar-refractivity contribution in [2.24, 2.45) is 0 Å². The van der Waals surface area contributed by atoms with Crippen LogP contribution in [0.3, 0.4) is 0 Å². The van der Waals surface area contributed by atoms with Crippen molar-refractivity contribution in [1.82, 2.24) is 9.97 Å². The Balaban J connectivity index is 2.78. The van der Waals surface area contributed by atoms with Crippen molar-refractivity contribution in [3.05, 3.63) is 17.0 Å². The summed E-state index contributed by atoms with van der Waals surface area (Å²) in [5.74, 6) is 2.79. The van der Waals surface area contributed by atoms with Gasteiger partial charge in [-0.05, 0) is 6.26 Å². The van der Waals surface area contributed by atoms with Gasteiger partial charge >= 0.3 is 0 Å².